The second-order valence-corrected chi connectivity index (χ2v) is 6.25. The van der Waals surface area contributed by atoms with Gasteiger partial charge in [-0.05, 0) is 32.6 Å². The number of likely N-dealkylation sites (tertiary alicyclic amines) is 1. The largest absolute Gasteiger partial charge is 0.467 e. The zero-order valence-corrected chi connectivity index (χ0v) is 12.3. The van der Waals surface area contributed by atoms with Crippen molar-refractivity contribution in [1.29, 1.82) is 0 Å². The fourth-order valence-electron chi connectivity index (χ4n) is 2.45. The van der Waals surface area contributed by atoms with Crippen LogP contribution in [0.15, 0.2) is 0 Å². The number of rotatable bonds is 5. The van der Waals surface area contributed by atoms with Gasteiger partial charge in [-0.3, -0.25) is 9.59 Å². The van der Waals surface area contributed by atoms with Gasteiger partial charge in [0.2, 0.25) is 11.8 Å². The molecule has 0 aromatic rings. The van der Waals surface area contributed by atoms with Crippen molar-refractivity contribution in [2.45, 2.75) is 38.6 Å². The minimum Gasteiger partial charge on any atom is -0.467 e. The average molecular weight is 282 g/mol. The van der Waals surface area contributed by atoms with Crippen LogP contribution in [0.1, 0.15) is 33.1 Å². The Morgan fingerprint density at radius 3 is 2.60 bits per heavy atom. The highest BCUT2D eigenvalue weighted by Crippen LogP contribution is 2.32. The summed E-state index contributed by atoms with van der Waals surface area (Å²) in [6.45, 7) is 4.41. The molecule has 0 unspecified atom stereocenters. The molecule has 112 valence electrons. The molecule has 0 aromatic heterocycles. The maximum absolute atomic E-state index is 12.2. The van der Waals surface area contributed by atoms with Crippen LogP contribution in [0, 0.1) is 11.8 Å². The maximum atomic E-state index is 12.2. The third-order valence-corrected chi connectivity index (χ3v) is 3.89. The molecule has 2 amide bonds. The molecule has 0 bridgehead atoms. The van der Waals surface area contributed by atoms with Crippen molar-refractivity contribution in [2.24, 2.45) is 11.8 Å². The number of carbonyl (C=O) groups excluding carboxylic acids is 3. The summed E-state index contributed by atoms with van der Waals surface area (Å²) < 4.78 is 4.65. The van der Waals surface area contributed by atoms with Gasteiger partial charge in [0.05, 0.1) is 13.0 Å². The summed E-state index contributed by atoms with van der Waals surface area (Å²) >= 11 is 0. The van der Waals surface area contributed by atoms with Gasteiger partial charge < -0.3 is 15.0 Å². The van der Waals surface area contributed by atoms with E-state index in [4.69, 9.17) is 0 Å². The van der Waals surface area contributed by atoms with Crippen molar-refractivity contribution in [3.63, 3.8) is 0 Å². The number of nitrogens with zero attached hydrogens (tertiary/aromatic N) is 1. The van der Waals surface area contributed by atoms with Crippen molar-refractivity contribution in [3.8, 4) is 0 Å². The molecule has 2 rings (SSSR count). The first-order chi connectivity index (χ1) is 9.33. The van der Waals surface area contributed by atoms with E-state index >= 15 is 0 Å². The molecule has 6 nitrogen and oxygen atoms in total. The predicted molar refractivity (Wildman–Crippen MR) is 71.6 cm³/mol. The van der Waals surface area contributed by atoms with E-state index in [-0.39, 0.29) is 24.2 Å². The molecule has 1 aliphatic heterocycles. The van der Waals surface area contributed by atoms with E-state index in [0.29, 0.717) is 12.5 Å². The maximum Gasteiger partial charge on any atom is 0.330 e. The number of carbonyl (C=O) groups is 3. The van der Waals surface area contributed by atoms with Crippen molar-refractivity contribution in [1.82, 2.24) is 10.2 Å². The zero-order chi connectivity index (χ0) is 14.9. The van der Waals surface area contributed by atoms with E-state index in [1.165, 1.54) is 20.0 Å². The minimum atomic E-state index is -1.07. The minimum absolute atomic E-state index is 0.0351. The normalized spacial score (nSPS) is 22.9. The first kappa shape index (κ1) is 14.8. The Morgan fingerprint density at radius 1 is 1.40 bits per heavy atom. The number of nitrogens with one attached hydrogen (secondary N) is 1. The molecule has 2 fully saturated rings. The van der Waals surface area contributed by atoms with Crippen LogP contribution in [-0.4, -0.2) is 48.4 Å². The van der Waals surface area contributed by atoms with Gasteiger partial charge in [0.1, 0.15) is 5.54 Å². The van der Waals surface area contributed by atoms with Gasteiger partial charge in [-0.25, -0.2) is 4.79 Å². The lowest BCUT2D eigenvalue weighted by atomic mass is 10.0. The first-order valence-corrected chi connectivity index (χ1v) is 7.01. The van der Waals surface area contributed by atoms with Gasteiger partial charge in [0.25, 0.3) is 0 Å². The molecule has 0 radical (unpaired) electrons. The highest BCUT2D eigenvalue weighted by Gasteiger charge is 2.40. The molecule has 1 aliphatic carbocycles. The number of amides is 2. The van der Waals surface area contributed by atoms with Crippen molar-refractivity contribution in [3.05, 3.63) is 0 Å². The Kier molecular flexibility index (Phi) is 4.01. The van der Waals surface area contributed by atoms with E-state index in [2.05, 4.69) is 10.1 Å². The second kappa shape index (κ2) is 5.42. The second-order valence-electron chi connectivity index (χ2n) is 6.25. The molecule has 1 N–H and O–H groups in total. The molecule has 1 saturated heterocycles. The standard InChI is InChI=1S/C14H22N2O4/c1-14(2,13(19)20-3)15-12(18)10-6-11(17)16(8-10)7-9-4-5-9/h9-10H,4-8H2,1-3H3,(H,15,18)/t10-/m0/s1. The van der Waals surface area contributed by atoms with Gasteiger partial charge in [0, 0.05) is 19.5 Å². The van der Waals surface area contributed by atoms with Gasteiger partial charge in [0.15, 0.2) is 0 Å². The van der Waals surface area contributed by atoms with E-state index in [0.717, 1.165) is 6.54 Å². The third-order valence-electron chi connectivity index (χ3n) is 3.89. The van der Waals surface area contributed by atoms with Gasteiger partial charge in [-0.1, -0.05) is 0 Å². The molecule has 0 aromatic carbocycles. The lowest BCUT2D eigenvalue weighted by molar-refractivity contribution is -0.149. The monoisotopic (exact) mass is 282 g/mol. The molecule has 1 saturated carbocycles. The Hall–Kier alpha value is -1.59. The summed E-state index contributed by atoms with van der Waals surface area (Å²) in [5.41, 5.74) is -1.07. The summed E-state index contributed by atoms with van der Waals surface area (Å²) in [6, 6.07) is 0. The number of hydrogen-bond acceptors (Lipinski definition) is 4. The van der Waals surface area contributed by atoms with Gasteiger partial charge in [-0.2, -0.15) is 0 Å². The fraction of sp³-hybridized carbons (Fsp3) is 0.786. The van der Waals surface area contributed by atoms with E-state index in [1.54, 1.807) is 18.7 Å². The molecule has 2 aliphatic rings. The van der Waals surface area contributed by atoms with Gasteiger partial charge >= 0.3 is 5.97 Å². The van der Waals surface area contributed by atoms with E-state index in [9.17, 15) is 14.4 Å². The van der Waals surface area contributed by atoms with Crippen LogP contribution < -0.4 is 5.32 Å². The first-order valence-electron chi connectivity index (χ1n) is 7.01. The summed E-state index contributed by atoms with van der Waals surface area (Å²) in [4.78, 5) is 37.4. The van der Waals surface area contributed by atoms with Crippen LogP contribution >= 0.6 is 0 Å². The highest BCUT2D eigenvalue weighted by atomic mass is 16.5. The van der Waals surface area contributed by atoms with Crippen LogP contribution in [0.5, 0.6) is 0 Å². The molecule has 0 spiro atoms. The van der Waals surface area contributed by atoms with Crippen LogP contribution in [-0.2, 0) is 19.1 Å². The summed E-state index contributed by atoms with van der Waals surface area (Å²) in [5, 5.41) is 2.67. The molecular formula is C14H22N2O4. The highest BCUT2D eigenvalue weighted by molar-refractivity contribution is 5.92. The lowest BCUT2D eigenvalue weighted by Gasteiger charge is -2.24. The van der Waals surface area contributed by atoms with E-state index < -0.39 is 11.5 Å². The van der Waals surface area contributed by atoms with E-state index in [1.807, 2.05) is 0 Å². The van der Waals surface area contributed by atoms with Crippen molar-refractivity contribution in [2.75, 3.05) is 20.2 Å². The Labute approximate surface area is 118 Å². The predicted octanol–water partition coefficient (Wildman–Crippen LogP) is 0.313. The molecule has 1 heterocycles. The zero-order valence-electron chi connectivity index (χ0n) is 12.3. The van der Waals surface area contributed by atoms with Crippen LogP contribution in [0.4, 0.5) is 0 Å². The summed E-state index contributed by atoms with van der Waals surface area (Å²) in [7, 11) is 1.28. The molecular weight excluding hydrogens is 260 g/mol. The van der Waals surface area contributed by atoms with Crippen molar-refractivity contribution < 1.29 is 19.1 Å². The Bertz CT molecular complexity index is 429. The lowest BCUT2D eigenvalue weighted by Crippen LogP contribution is -2.52. The third kappa shape index (κ3) is 3.29. The Morgan fingerprint density at radius 2 is 2.05 bits per heavy atom. The van der Waals surface area contributed by atoms with Gasteiger partial charge in [-0.15, -0.1) is 0 Å². The molecule has 20 heavy (non-hydrogen) atoms. The van der Waals surface area contributed by atoms with Crippen LogP contribution in [0.3, 0.4) is 0 Å². The smallest absolute Gasteiger partial charge is 0.330 e. The van der Waals surface area contributed by atoms with Crippen molar-refractivity contribution >= 4 is 17.8 Å². The summed E-state index contributed by atoms with van der Waals surface area (Å²) in [5.74, 6) is -0.470. The Balaban J connectivity index is 1.90. The SMILES string of the molecule is COC(=O)C(C)(C)NC(=O)[C@H]1CC(=O)N(CC2CC2)C1. The molecule has 6 heteroatoms. The summed E-state index contributed by atoms with van der Waals surface area (Å²) in [6.07, 6.45) is 2.59. The number of esters is 1. The average Bonchev–Trinajstić information content (AvgIpc) is 3.11. The van der Waals surface area contributed by atoms with Crippen LogP contribution in [0.2, 0.25) is 0 Å². The fourth-order valence-corrected chi connectivity index (χ4v) is 2.45. The van der Waals surface area contributed by atoms with Crippen LogP contribution in [0.25, 0.3) is 0 Å². The number of ether oxygens (including phenoxy) is 1. The number of hydrogen-bond donors (Lipinski definition) is 1. The molecule has 1 atom stereocenters. The number of methoxy groups -OCH3 is 1. The topological polar surface area (TPSA) is 75.7 Å². The quantitative estimate of drug-likeness (QED) is 0.737.